The lowest BCUT2D eigenvalue weighted by atomic mass is 9.90. The second kappa shape index (κ2) is 9.29. The molecule has 1 aliphatic heterocycles. The van der Waals surface area contributed by atoms with Gasteiger partial charge in [-0.05, 0) is 50.6 Å². The largest absolute Gasteiger partial charge is 0.488 e. The lowest BCUT2D eigenvalue weighted by molar-refractivity contribution is -0.206. The SMILES string of the molecule is COCCOc1cc2[nH]nc(-c3cc(-c4ccc(ON5CCC5C(C)(C)O)cc4)on3)c2cc1F. The molecule has 9 nitrogen and oxygen atoms in total. The van der Waals surface area contributed by atoms with Crippen LogP contribution in [0.4, 0.5) is 4.39 Å². The molecule has 35 heavy (non-hydrogen) atoms. The van der Waals surface area contributed by atoms with E-state index in [0.717, 1.165) is 18.5 Å². The standard InChI is InChI=1S/C25H27FN4O5/c1-25(2,31)23-8-9-30(23)35-16-6-4-15(5-7-16)21-14-20(29-34-21)24-17-12-18(26)22(33-11-10-32-3)13-19(17)27-28-24/h4-7,12-14,23,31H,8-11H2,1-3H3,(H,27,28). The Hall–Kier alpha value is -3.47. The number of methoxy groups -OCH3 is 1. The summed E-state index contributed by atoms with van der Waals surface area (Å²) in [5, 5.41) is 23.9. The monoisotopic (exact) mass is 482 g/mol. The van der Waals surface area contributed by atoms with Crippen molar-refractivity contribution in [2.75, 3.05) is 26.9 Å². The summed E-state index contributed by atoms with van der Waals surface area (Å²) in [5.74, 6) is 0.838. The van der Waals surface area contributed by atoms with Gasteiger partial charge in [-0.25, -0.2) is 4.39 Å². The van der Waals surface area contributed by atoms with Crippen LogP contribution in [-0.4, -0.2) is 64.0 Å². The number of fused-ring (bicyclic) bond motifs is 1. The van der Waals surface area contributed by atoms with Crippen molar-refractivity contribution in [2.24, 2.45) is 0 Å². The number of halogens is 1. The summed E-state index contributed by atoms with van der Waals surface area (Å²) in [6, 6.07) is 12.1. The number of hydrogen-bond donors (Lipinski definition) is 2. The Balaban J connectivity index is 1.31. The van der Waals surface area contributed by atoms with Crippen molar-refractivity contribution in [3.05, 3.63) is 48.3 Å². The van der Waals surface area contributed by atoms with Gasteiger partial charge in [-0.3, -0.25) is 5.10 Å². The Labute approximate surface area is 201 Å². The zero-order valence-corrected chi connectivity index (χ0v) is 19.7. The third-order valence-electron chi connectivity index (χ3n) is 6.06. The van der Waals surface area contributed by atoms with Crippen LogP contribution in [0.1, 0.15) is 20.3 Å². The van der Waals surface area contributed by atoms with Gasteiger partial charge in [0.1, 0.15) is 23.7 Å². The van der Waals surface area contributed by atoms with Crippen LogP contribution in [0.5, 0.6) is 11.5 Å². The first-order valence-electron chi connectivity index (χ1n) is 11.4. The quantitative estimate of drug-likeness (QED) is 0.342. The molecule has 1 aliphatic rings. The van der Waals surface area contributed by atoms with Crippen molar-refractivity contribution in [1.29, 1.82) is 0 Å². The third kappa shape index (κ3) is 4.72. The molecule has 1 unspecified atom stereocenters. The number of nitrogens with one attached hydrogen (secondary N) is 1. The van der Waals surface area contributed by atoms with Crippen LogP contribution >= 0.6 is 0 Å². The number of nitrogens with zero attached hydrogens (tertiary/aromatic N) is 3. The fourth-order valence-electron chi connectivity index (χ4n) is 4.08. The summed E-state index contributed by atoms with van der Waals surface area (Å²) in [5.41, 5.74) is 1.56. The molecular formula is C25H27FN4O5. The van der Waals surface area contributed by atoms with Crippen molar-refractivity contribution in [3.63, 3.8) is 0 Å². The number of hydroxylamine groups is 2. The highest BCUT2D eigenvalue weighted by Gasteiger charge is 2.40. The normalized spacial score (nSPS) is 16.4. The van der Waals surface area contributed by atoms with Gasteiger partial charge in [-0.1, -0.05) is 5.16 Å². The molecule has 4 aromatic rings. The Morgan fingerprint density at radius 2 is 2.00 bits per heavy atom. The van der Waals surface area contributed by atoms with Crippen molar-refractivity contribution in [2.45, 2.75) is 31.9 Å². The Kier molecular flexibility index (Phi) is 6.18. The van der Waals surface area contributed by atoms with E-state index in [4.69, 9.17) is 18.8 Å². The summed E-state index contributed by atoms with van der Waals surface area (Å²) < 4.78 is 30.5. The van der Waals surface area contributed by atoms with E-state index in [9.17, 15) is 9.50 Å². The van der Waals surface area contributed by atoms with Crippen LogP contribution in [0.2, 0.25) is 0 Å². The van der Waals surface area contributed by atoms with Crippen molar-refractivity contribution in [3.8, 4) is 34.2 Å². The first-order valence-corrected chi connectivity index (χ1v) is 11.4. The van der Waals surface area contributed by atoms with Crippen molar-refractivity contribution >= 4 is 10.9 Å². The van der Waals surface area contributed by atoms with Crippen LogP contribution < -0.4 is 9.57 Å². The van der Waals surface area contributed by atoms with Gasteiger partial charge in [-0.15, -0.1) is 5.06 Å². The smallest absolute Gasteiger partial charge is 0.167 e. The van der Waals surface area contributed by atoms with E-state index < -0.39 is 11.4 Å². The molecule has 0 spiro atoms. The minimum Gasteiger partial charge on any atom is -0.488 e. The molecule has 0 radical (unpaired) electrons. The summed E-state index contributed by atoms with van der Waals surface area (Å²) in [4.78, 5) is 5.90. The molecule has 184 valence electrons. The number of rotatable bonds is 9. The van der Waals surface area contributed by atoms with Gasteiger partial charge in [0.25, 0.3) is 0 Å². The maximum Gasteiger partial charge on any atom is 0.167 e. The van der Waals surface area contributed by atoms with Crippen LogP contribution in [0.3, 0.4) is 0 Å². The molecule has 0 amide bonds. The molecule has 1 atom stereocenters. The minimum absolute atomic E-state index is 0.0412. The van der Waals surface area contributed by atoms with Gasteiger partial charge in [0.15, 0.2) is 17.3 Å². The van der Waals surface area contributed by atoms with E-state index in [2.05, 4.69) is 15.4 Å². The fourth-order valence-corrected chi connectivity index (χ4v) is 4.08. The topological polar surface area (TPSA) is 106 Å². The third-order valence-corrected chi connectivity index (χ3v) is 6.06. The van der Waals surface area contributed by atoms with Gasteiger partial charge in [0.2, 0.25) is 0 Å². The van der Waals surface area contributed by atoms with Crippen LogP contribution in [-0.2, 0) is 4.74 Å². The van der Waals surface area contributed by atoms with E-state index in [0.29, 0.717) is 40.4 Å². The number of benzene rings is 2. The molecule has 1 fully saturated rings. The summed E-state index contributed by atoms with van der Waals surface area (Å²) >= 11 is 0. The molecule has 2 aromatic heterocycles. The summed E-state index contributed by atoms with van der Waals surface area (Å²) in [6.45, 7) is 4.93. The first-order chi connectivity index (χ1) is 16.8. The molecule has 10 heteroatoms. The Morgan fingerprint density at radius 3 is 2.69 bits per heavy atom. The second-order valence-electron chi connectivity index (χ2n) is 9.03. The predicted molar refractivity (Wildman–Crippen MR) is 126 cm³/mol. The van der Waals surface area contributed by atoms with E-state index in [1.54, 1.807) is 38.2 Å². The average molecular weight is 483 g/mol. The fraction of sp³-hybridized carbons (Fsp3) is 0.360. The molecule has 1 saturated heterocycles. The molecule has 3 heterocycles. The molecule has 0 bridgehead atoms. The first kappa shape index (κ1) is 23.3. The minimum atomic E-state index is -0.827. The molecule has 0 aliphatic carbocycles. The molecule has 2 N–H and O–H groups in total. The highest BCUT2D eigenvalue weighted by Crippen LogP contribution is 2.34. The van der Waals surface area contributed by atoms with Crippen LogP contribution in [0, 0.1) is 5.82 Å². The second-order valence-corrected chi connectivity index (χ2v) is 9.03. The molecule has 0 saturated carbocycles. The molecule has 2 aromatic carbocycles. The highest BCUT2D eigenvalue weighted by atomic mass is 19.1. The van der Waals surface area contributed by atoms with E-state index in [1.165, 1.54) is 6.07 Å². The number of aromatic nitrogens is 3. The van der Waals surface area contributed by atoms with Gasteiger partial charge in [0, 0.05) is 36.7 Å². The number of ether oxygens (including phenoxy) is 2. The number of aromatic amines is 1. The highest BCUT2D eigenvalue weighted by molar-refractivity contribution is 5.93. The van der Waals surface area contributed by atoms with Crippen LogP contribution in [0.25, 0.3) is 33.6 Å². The maximum atomic E-state index is 14.6. The Morgan fingerprint density at radius 1 is 1.20 bits per heavy atom. The summed E-state index contributed by atoms with van der Waals surface area (Å²) in [6.07, 6.45) is 0.885. The van der Waals surface area contributed by atoms with Crippen molar-refractivity contribution < 1.29 is 28.3 Å². The van der Waals surface area contributed by atoms with Gasteiger partial charge in [-0.2, -0.15) is 5.10 Å². The number of H-pyrrole nitrogens is 1. The summed E-state index contributed by atoms with van der Waals surface area (Å²) in [7, 11) is 1.56. The van der Waals surface area contributed by atoms with Gasteiger partial charge in [0.05, 0.1) is 23.8 Å². The lowest BCUT2D eigenvalue weighted by Gasteiger charge is -2.45. The van der Waals surface area contributed by atoms with Crippen molar-refractivity contribution in [1.82, 2.24) is 20.4 Å². The van der Waals surface area contributed by atoms with E-state index in [-0.39, 0.29) is 18.4 Å². The van der Waals surface area contributed by atoms with Gasteiger partial charge < -0.3 is 23.9 Å². The zero-order valence-electron chi connectivity index (χ0n) is 19.7. The Bertz CT molecular complexity index is 1310. The van der Waals surface area contributed by atoms with Crippen LogP contribution in [0.15, 0.2) is 47.0 Å². The molecular weight excluding hydrogens is 455 g/mol. The average Bonchev–Trinajstić information content (AvgIpc) is 3.43. The predicted octanol–water partition coefficient (Wildman–Crippen LogP) is 4.19. The van der Waals surface area contributed by atoms with Gasteiger partial charge >= 0.3 is 0 Å². The zero-order chi connectivity index (χ0) is 24.6. The molecule has 5 rings (SSSR count). The number of hydrogen-bond acceptors (Lipinski definition) is 8. The number of aliphatic hydroxyl groups is 1. The maximum absolute atomic E-state index is 14.6. The van der Waals surface area contributed by atoms with E-state index in [1.807, 2.05) is 24.3 Å². The van der Waals surface area contributed by atoms with E-state index >= 15 is 0 Å². The lowest BCUT2D eigenvalue weighted by Crippen LogP contribution is -2.59.